The van der Waals surface area contributed by atoms with Gasteiger partial charge in [0.05, 0.1) is 26.7 Å². The molecule has 2 rings (SSSR count). The Kier molecular flexibility index (Phi) is 9.78. The number of hydrogen-bond acceptors (Lipinski definition) is 0. The van der Waals surface area contributed by atoms with Crippen molar-refractivity contribution in [2.75, 3.05) is 26.7 Å². The first-order valence-corrected chi connectivity index (χ1v) is 11.5. The van der Waals surface area contributed by atoms with Crippen molar-refractivity contribution in [1.82, 2.24) is 0 Å². The predicted octanol–water partition coefficient (Wildman–Crippen LogP) is 7.28. The van der Waals surface area contributed by atoms with Crippen molar-refractivity contribution in [2.45, 2.75) is 65.2 Å². The van der Waals surface area contributed by atoms with Crippen LogP contribution in [-0.2, 0) is 0 Å². The maximum absolute atomic E-state index is 2.49. The summed E-state index contributed by atoms with van der Waals surface area (Å²) in [6.07, 6.45) is 7.98. The summed E-state index contributed by atoms with van der Waals surface area (Å²) >= 11 is 0. The molecule has 1 atom stereocenters. The van der Waals surface area contributed by atoms with Gasteiger partial charge in [-0.25, -0.2) is 0 Å². The Labute approximate surface area is 174 Å². The molecule has 1 nitrogen and oxygen atoms in total. The fraction of sp³-hybridized carbons (Fsp3) is 0.556. The second kappa shape index (κ2) is 12.1. The smallest absolute Gasteiger partial charge is 0.0807 e. The summed E-state index contributed by atoms with van der Waals surface area (Å²) < 4.78 is 1.23. The van der Waals surface area contributed by atoms with Gasteiger partial charge in [-0.2, -0.15) is 0 Å². The highest BCUT2D eigenvalue weighted by Crippen LogP contribution is 2.29. The van der Waals surface area contributed by atoms with Crippen LogP contribution in [0.1, 0.15) is 76.3 Å². The van der Waals surface area contributed by atoms with Crippen molar-refractivity contribution in [2.24, 2.45) is 5.92 Å². The van der Waals surface area contributed by atoms with Gasteiger partial charge in [0, 0.05) is 11.8 Å². The second-order valence-corrected chi connectivity index (χ2v) is 9.22. The molecule has 0 spiro atoms. The number of hydrogen-bond donors (Lipinski definition) is 0. The lowest BCUT2D eigenvalue weighted by molar-refractivity contribution is -0.912. The summed E-state index contributed by atoms with van der Waals surface area (Å²) in [6.45, 7) is 11.0. The van der Waals surface area contributed by atoms with E-state index >= 15 is 0 Å². The zero-order valence-corrected chi connectivity index (χ0v) is 18.7. The lowest BCUT2D eigenvalue weighted by Crippen LogP contribution is -2.48. The first-order chi connectivity index (χ1) is 13.5. The van der Waals surface area contributed by atoms with E-state index in [1.54, 1.807) is 0 Å². The van der Waals surface area contributed by atoms with Gasteiger partial charge in [-0.05, 0) is 36.8 Å². The molecule has 28 heavy (non-hydrogen) atoms. The van der Waals surface area contributed by atoms with Crippen LogP contribution in [0.25, 0.3) is 0 Å². The van der Waals surface area contributed by atoms with Crippen molar-refractivity contribution in [3.8, 4) is 0 Å². The zero-order chi connectivity index (χ0) is 20.2. The molecule has 0 aliphatic heterocycles. The largest absolute Gasteiger partial charge is 0.326 e. The quantitative estimate of drug-likeness (QED) is 0.253. The maximum Gasteiger partial charge on any atom is 0.0807 e. The van der Waals surface area contributed by atoms with Crippen molar-refractivity contribution in [3.63, 3.8) is 0 Å². The molecule has 154 valence electrons. The highest BCUT2D eigenvalue weighted by atomic mass is 15.3. The van der Waals surface area contributed by atoms with E-state index < -0.39 is 0 Å². The SMILES string of the molecule is CCCCCC[N+](C)(CCCC(c1ccccc1)c1ccccc1)CC(C)C. The topological polar surface area (TPSA) is 0 Å². The van der Waals surface area contributed by atoms with E-state index in [4.69, 9.17) is 0 Å². The van der Waals surface area contributed by atoms with Crippen LogP contribution in [0.2, 0.25) is 0 Å². The molecule has 2 aromatic rings. The molecule has 1 unspecified atom stereocenters. The molecule has 0 radical (unpaired) electrons. The summed E-state index contributed by atoms with van der Waals surface area (Å²) in [6, 6.07) is 22.1. The van der Waals surface area contributed by atoms with Crippen molar-refractivity contribution < 1.29 is 4.48 Å². The fourth-order valence-corrected chi connectivity index (χ4v) is 4.67. The molecule has 0 saturated heterocycles. The van der Waals surface area contributed by atoms with Gasteiger partial charge in [-0.15, -0.1) is 0 Å². The van der Waals surface area contributed by atoms with Crippen molar-refractivity contribution in [3.05, 3.63) is 71.8 Å². The second-order valence-electron chi connectivity index (χ2n) is 9.22. The molecule has 0 N–H and O–H groups in total. The van der Waals surface area contributed by atoms with E-state index in [9.17, 15) is 0 Å². The predicted molar refractivity (Wildman–Crippen MR) is 124 cm³/mol. The van der Waals surface area contributed by atoms with Crippen LogP contribution >= 0.6 is 0 Å². The van der Waals surface area contributed by atoms with Gasteiger partial charge in [0.25, 0.3) is 0 Å². The average Bonchev–Trinajstić information content (AvgIpc) is 2.69. The number of nitrogens with zero attached hydrogens (tertiary/aromatic N) is 1. The van der Waals surface area contributed by atoms with Crippen LogP contribution in [-0.4, -0.2) is 31.2 Å². The molecular formula is C27H42N+. The van der Waals surface area contributed by atoms with Crippen LogP contribution in [0.5, 0.6) is 0 Å². The van der Waals surface area contributed by atoms with Crippen LogP contribution in [0, 0.1) is 5.92 Å². The molecule has 0 aliphatic carbocycles. The van der Waals surface area contributed by atoms with Gasteiger partial charge in [0.1, 0.15) is 0 Å². The van der Waals surface area contributed by atoms with Gasteiger partial charge >= 0.3 is 0 Å². The Bertz CT molecular complexity index is 594. The average molecular weight is 381 g/mol. The summed E-state index contributed by atoms with van der Waals surface area (Å²) in [5.41, 5.74) is 2.91. The Morgan fingerprint density at radius 1 is 0.714 bits per heavy atom. The molecule has 2 aromatic carbocycles. The van der Waals surface area contributed by atoms with E-state index in [0.717, 1.165) is 5.92 Å². The Morgan fingerprint density at radius 3 is 1.75 bits per heavy atom. The van der Waals surface area contributed by atoms with Gasteiger partial charge < -0.3 is 4.48 Å². The molecule has 0 aliphatic rings. The van der Waals surface area contributed by atoms with E-state index in [-0.39, 0.29) is 0 Å². The van der Waals surface area contributed by atoms with Gasteiger partial charge in [0.15, 0.2) is 0 Å². The Hall–Kier alpha value is -1.60. The lowest BCUT2D eigenvalue weighted by Gasteiger charge is -2.37. The molecular weight excluding hydrogens is 338 g/mol. The minimum atomic E-state index is 0.509. The van der Waals surface area contributed by atoms with Crippen molar-refractivity contribution in [1.29, 1.82) is 0 Å². The minimum absolute atomic E-state index is 0.509. The first-order valence-electron chi connectivity index (χ1n) is 11.5. The standard InChI is InChI=1S/C27H42N/c1-5-6-7-14-21-28(4,23-24(2)3)22-15-20-27(25-16-10-8-11-17-25)26-18-12-9-13-19-26/h8-13,16-19,24,27H,5-7,14-15,20-23H2,1-4H3/q+1. The Balaban J connectivity index is 2.01. The molecule has 0 heterocycles. The van der Waals surface area contributed by atoms with E-state index in [2.05, 4.69) is 88.5 Å². The monoisotopic (exact) mass is 380 g/mol. The third-order valence-corrected chi connectivity index (χ3v) is 5.95. The fourth-order valence-electron chi connectivity index (χ4n) is 4.67. The van der Waals surface area contributed by atoms with Crippen LogP contribution < -0.4 is 0 Å². The molecule has 0 amide bonds. The molecule has 0 saturated carbocycles. The number of quaternary nitrogens is 1. The normalized spacial score (nSPS) is 13.8. The van der Waals surface area contributed by atoms with Crippen LogP contribution in [0.4, 0.5) is 0 Å². The highest BCUT2D eigenvalue weighted by Gasteiger charge is 2.23. The molecule has 0 fully saturated rings. The summed E-state index contributed by atoms with van der Waals surface area (Å²) in [7, 11) is 2.49. The van der Waals surface area contributed by atoms with Crippen molar-refractivity contribution >= 4 is 0 Å². The number of rotatable bonds is 13. The summed E-state index contributed by atoms with van der Waals surface area (Å²) in [5, 5.41) is 0. The zero-order valence-electron chi connectivity index (χ0n) is 18.7. The highest BCUT2D eigenvalue weighted by molar-refractivity contribution is 5.32. The minimum Gasteiger partial charge on any atom is -0.326 e. The lowest BCUT2D eigenvalue weighted by atomic mass is 9.87. The third-order valence-electron chi connectivity index (χ3n) is 5.95. The summed E-state index contributed by atoms with van der Waals surface area (Å²) in [5.74, 6) is 1.27. The molecule has 1 heteroatoms. The van der Waals surface area contributed by atoms with E-state index in [1.807, 2.05) is 0 Å². The molecule has 0 bridgehead atoms. The van der Waals surface area contributed by atoms with Gasteiger partial charge in [0.2, 0.25) is 0 Å². The van der Waals surface area contributed by atoms with Gasteiger partial charge in [-0.1, -0.05) is 94.3 Å². The summed E-state index contributed by atoms with van der Waals surface area (Å²) in [4.78, 5) is 0. The first kappa shape index (κ1) is 22.7. The Morgan fingerprint density at radius 2 is 1.25 bits per heavy atom. The third kappa shape index (κ3) is 7.80. The number of benzene rings is 2. The van der Waals surface area contributed by atoms with Gasteiger partial charge in [-0.3, -0.25) is 0 Å². The number of unbranched alkanes of at least 4 members (excludes halogenated alkanes) is 3. The maximum atomic E-state index is 2.49. The molecule has 0 aromatic heterocycles. The van der Waals surface area contributed by atoms with Crippen LogP contribution in [0.3, 0.4) is 0 Å². The van der Waals surface area contributed by atoms with E-state index in [0.29, 0.717) is 5.92 Å². The van der Waals surface area contributed by atoms with Crippen LogP contribution in [0.15, 0.2) is 60.7 Å². The van der Waals surface area contributed by atoms with E-state index in [1.165, 1.54) is 73.8 Å².